The molecule has 1 N–H and O–H groups in total. The minimum absolute atomic E-state index is 0.310. The number of methoxy groups -OCH3 is 1. The lowest BCUT2D eigenvalue weighted by atomic mass is 10.1. The van der Waals surface area contributed by atoms with Crippen LogP contribution in [0.5, 0.6) is 5.88 Å². The van der Waals surface area contributed by atoms with Crippen LogP contribution in [0.25, 0.3) is 0 Å². The van der Waals surface area contributed by atoms with Crippen molar-refractivity contribution >= 4 is 33.8 Å². The molecule has 0 atom stereocenters. The molecule has 6 nitrogen and oxygen atoms in total. The zero-order valence-electron chi connectivity index (χ0n) is 14.3. The van der Waals surface area contributed by atoms with Gasteiger partial charge in [0, 0.05) is 24.6 Å². The smallest absolute Gasteiger partial charge is 0.274 e. The minimum atomic E-state index is -0.389. The summed E-state index contributed by atoms with van der Waals surface area (Å²) in [6.45, 7) is 1.80. The molecule has 3 rings (SSSR count). The van der Waals surface area contributed by atoms with Crippen LogP contribution in [-0.2, 0) is 13.5 Å². The number of hydrogen-bond acceptors (Lipinski definition) is 5. The molecule has 9 heteroatoms. The molecular weight excluding hydrogens is 379 g/mol. The second-order valence-corrected chi connectivity index (χ2v) is 7.15. The third-order valence-electron chi connectivity index (χ3n) is 3.64. The van der Waals surface area contributed by atoms with Crippen LogP contribution in [0.2, 0.25) is 5.02 Å². The highest BCUT2D eigenvalue weighted by molar-refractivity contribution is 7.16. The Morgan fingerprint density at radius 3 is 2.81 bits per heavy atom. The van der Waals surface area contributed by atoms with Gasteiger partial charge in [0.25, 0.3) is 5.91 Å². The number of nitrogens with zero attached hydrogens (tertiary/aromatic N) is 3. The van der Waals surface area contributed by atoms with Gasteiger partial charge in [-0.3, -0.25) is 9.48 Å². The summed E-state index contributed by atoms with van der Waals surface area (Å²) in [6.07, 6.45) is 0.429. The molecule has 0 radical (unpaired) electrons. The van der Waals surface area contributed by atoms with Crippen molar-refractivity contribution in [3.8, 4) is 5.88 Å². The van der Waals surface area contributed by atoms with Crippen LogP contribution in [0.15, 0.2) is 24.3 Å². The molecule has 0 fully saturated rings. The Morgan fingerprint density at radius 1 is 1.38 bits per heavy atom. The Bertz CT molecular complexity index is 950. The zero-order chi connectivity index (χ0) is 18.8. The average Bonchev–Trinajstić information content (AvgIpc) is 3.09. The number of anilines is 1. The number of nitrogens with one attached hydrogen (secondary N) is 1. The number of ether oxygens (including phenoxy) is 1. The molecule has 136 valence electrons. The molecule has 26 heavy (non-hydrogen) atoms. The maximum Gasteiger partial charge on any atom is 0.274 e. The highest BCUT2D eigenvalue weighted by atomic mass is 35.5. The summed E-state index contributed by atoms with van der Waals surface area (Å²) >= 11 is 7.22. The second-order valence-electron chi connectivity index (χ2n) is 5.63. The van der Waals surface area contributed by atoms with Gasteiger partial charge in [-0.25, -0.2) is 9.37 Å². The molecule has 2 heterocycles. The number of benzene rings is 1. The quantitative estimate of drug-likeness (QED) is 0.714. The van der Waals surface area contributed by atoms with Gasteiger partial charge in [0.2, 0.25) is 5.88 Å². The molecule has 0 aliphatic heterocycles. The van der Waals surface area contributed by atoms with Crippen molar-refractivity contribution in [3.63, 3.8) is 0 Å². The van der Waals surface area contributed by atoms with Crippen molar-refractivity contribution < 1.29 is 13.9 Å². The number of halogens is 2. The van der Waals surface area contributed by atoms with E-state index in [4.69, 9.17) is 16.3 Å². The first-order chi connectivity index (χ1) is 12.4. The van der Waals surface area contributed by atoms with E-state index in [9.17, 15) is 9.18 Å². The molecule has 0 aliphatic carbocycles. The largest absolute Gasteiger partial charge is 0.480 e. The van der Waals surface area contributed by atoms with Crippen LogP contribution in [0.3, 0.4) is 0 Å². The maximum absolute atomic E-state index is 13.5. The SMILES string of the molecule is COc1cc(C(=O)Nc2sc(Cc3cc(F)cc(Cl)c3)nc2C)n(C)n1. The molecule has 2 aromatic heterocycles. The summed E-state index contributed by atoms with van der Waals surface area (Å²) in [5.74, 6) is -0.336. The lowest BCUT2D eigenvalue weighted by Crippen LogP contribution is -2.15. The van der Waals surface area contributed by atoms with E-state index < -0.39 is 0 Å². The molecule has 1 amide bonds. The monoisotopic (exact) mass is 394 g/mol. The maximum atomic E-state index is 13.5. The Kier molecular flexibility index (Phi) is 5.24. The molecule has 0 saturated heterocycles. The van der Waals surface area contributed by atoms with Crippen LogP contribution >= 0.6 is 22.9 Å². The summed E-state index contributed by atoms with van der Waals surface area (Å²) in [7, 11) is 3.15. The topological polar surface area (TPSA) is 69.0 Å². The predicted molar refractivity (Wildman–Crippen MR) is 98.8 cm³/mol. The number of aromatic nitrogens is 3. The van der Waals surface area contributed by atoms with Crippen molar-refractivity contribution in [2.24, 2.45) is 7.05 Å². The standard InChI is InChI=1S/C17H16ClFN4O2S/c1-9-17(21-16(24)13-8-14(25-3)22-23(13)2)26-15(20-9)6-10-4-11(18)7-12(19)5-10/h4-5,7-8H,6H2,1-3H3,(H,21,24). The number of carbonyl (C=O) groups is 1. The Labute approximate surface area is 158 Å². The molecule has 0 saturated carbocycles. The van der Waals surface area contributed by atoms with Gasteiger partial charge in [-0.05, 0) is 30.7 Å². The summed E-state index contributed by atoms with van der Waals surface area (Å²) in [5, 5.41) is 8.62. The number of aryl methyl sites for hydroxylation is 2. The lowest BCUT2D eigenvalue weighted by molar-refractivity contribution is 0.101. The lowest BCUT2D eigenvalue weighted by Gasteiger charge is -2.02. The van der Waals surface area contributed by atoms with Crippen LogP contribution in [0, 0.1) is 12.7 Å². The van der Waals surface area contributed by atoms with E-state index in [1.165, 1.54) is 35.3 Å². The number of rotatable bonds is 5. The van der Waals surface area contributed by atoms with E-state index in [2.05, 4.69) is 15.4 Å². The van der Waals surface area contributed by atoms with Gasteiger partial charge < -0.3 is 10.1 Å². The van der Waals surface area contributed by atoms with Crippen molar-refractivity contribution in [1.82, 2.24) is 14.8 Å². The fraction of sp³-hybridized carbons (Fsp3) is 0.235. The Morgan fingerprint density at radius 2 is 2.15 bits per heavy atom. The highest BCUT2D eigenvalue weighted by Crippen LogP contribution is 2.27. The number of carbonyl (C=O) groups excluding carboxylic acids is 1. The summed E-state index contributed by atoms with van der Waals surface area (Å²) in [6, 6.07) is 5.93. The van der Waals surface area contributed by atoms with E-state index in [1.807, 2.05) is 0 Å². The van der Waals surface area contributed by atoms with Gasteiger partial charge in [-0.1, -0.05) is 11.6 Å². The van der Waals surface area contributed by atoms with Crippen molar-refractivity contribution in [3.05, 3.63) is 57.1 Å². The van der Waals surface area contributed by atoms with Crippen LogP contribution < -0.4 is 10.1 Å². The second kappa shape index (κ2) is 7.43. The fourth-order valence-electron chi connectivity index (χ4n) is 2.45. The van der Waals surface area contributed by atoms with Crippen molar-refractivity contribution in [1.29, 1.82) is 0 Å². The average molecular weight is 395 g/mol. The van der Waals surface area contributed by atoms with E-state index in [0.717, 1.165) is 10.6 Å². The first-order valence-corrected chi connectivity index (χ1v) is 8.86. The van der Waals surface area contributed by atoms with Crippen molar-refractivity contribution in [2.75, 3.05) is 12.4 Å². The number of thiazole rings is 1. The molecule has 0 bridgehead atoms. The fourth-order valence-corrected chi connectivity index (χ4v) is 3.69. The number of amides is 1. The third kappa shape index (κ3) is 4.03. The number of hydrogen-bond donors (Lipinski definition) is 1. The van der Waals surface area contributed by atoms with Gasteiger partial charge in [0.05, 0.1) is 17.8 Å². The van der Waals surface area contributed by atoms with Gasteiger partial charge in [-0.2, -0.15) is 0 Å². The molecule has 0 unspecified atom stereocenters. The molecule has 0 spiro atoms. The van der Waals surface area contributed by atoms with Gasteiger partial charge in [0.1, 0.15) is 16.5 Å². The van der Waals surface area contributed by atoms with E-state index in [-0.39, 0.29) is 11.7 Å². The van der Waals surface area contributed by atoms with Crippen LogP contribution in [0.4, 0.5) is 9.39 Å². The van der Waals surface area contributed by atoms with Gasteiger partial charge >= 0.3 is 0 Å². The molecular formula is C17H16ClFN4O2S. The van der Waals surface area contributed by atoms with E-state index in [0.29, 0.717) is 33.7 Å². The van der Waals surface area contributed by atoms with E-state index >= 15 is 0 Å². The van der Waals surface area contributed by atoms with E-state index in [1.54, 1.807) is 26.1 Å². The Hall–Kier alpha value is -2.45. The first-order valence-electron chi connectivity index (χ1n) is 7.66. The minimum Gasteiger partial charge on any atom is -0.480 e. The zero-order valence-corrected chi connectivity index (χ0v) is 15.9. The third-order valence-corrected chi connectivity index (χ3v) is 4.94. The molecule has 3 aromatic rings. The normalized spacial score (nSPS) is 10.8. The predicted octanol–water partition coefficient (Wildman–Crippen LogP) is 3.83. The van der Waals surface area contributed by atoms with Crippen LogP contribution in [-0.4, -0.2) is 27.8 Å². The molecule has 0 aliphatic rings. The van der Waals surface area contributed by atoms with Crippen LogP contribution in [0.1, 0.15) is 26.8 Å². The Balaban J connectivity index is 1.77. The van der Waals surface area contributed by atoms with Crippen molar-refractivity contribution in [2.45, 2.75) is 13.3 Å². The molecule has 1 aromatic carbocycles. The summed E-state index contributed by atoms with van der Waals surface area (Å²) < 4.78 is 19.9. The van der Waals surface area contributed by atoms with Gasteiger partial charge in [-0.15, -0.1) is 16.4 Å². The van der Waals surface area contributed by atoms with Gasteiger partial charge in [0.15, 0.2) is 0 Å². The summed E-state index contributed by atoms with van der Waals surface area (Å²) in [5.41, 5.74) is 1.78. The summed E-state index contributed by atoms with van der Waals surface area (Å²) in [4.78, 5) is 16.9. The highest BCUT2D eigenvalue weighted by Gasteiger charge is 2.17. The first kappa shape index (κ1) is 18.3.